The largest absolute Gasteiger partial charge is 0.363 e. The van der Waals surface area contributed by atoms with Crippen LogP contribution in [0.4, 0.5) is 4.79 Å². The van der Waals surface area contributed by atoms with Crippen LogP contribution in [0.1, 0.15) is 84.1 Å². The SMILES string of the molecule is CC(C)(C)[C@H](NC(=O)N[C@H](C(=O)N1C[C@H]2[C@@H]([C@H]1C(=O)NC(CC1CCC1)C(=O)C(N)=O)C2(Cl)Cl)C1CCCCC1)C(=O)NCc1ccccc1. The molecule has 1 heterocycles. The minimum absolute atomic E-state index is 0.0880. The van der Waals surface area contributed by atoms with Crippen LogP contribution in [-0.4, -0.2) is 75.4 Å². The van der Waals surface area contributed by atoms with E-state index in [1.54, 1.807) is 0 Å². The number of carbonyl (C=O) groups is 6. The number of piperidine rings is 1. The second-order valence-corrected chi connectivity index (χ2v) is 17.0. The molecule has 4 aliphatic rings. The van der Waals surface area contributed by atoms with Crippen LogP contribution in [0.3, 0.4) is 0 Å². The van der Waals surface area contributed by atoms with Gasteiger partial charge in [-0.15, -0.1) is 23.2 Å². The van der Waals surface area contributed by atoms with Crippen molar-refractivity contribution in [2.75, 3.05) is 6.54 Å². The quantitative estimate of drug-likeness (QED) is 0.153. The number of nitrogens with one attached hydrogen (secondary N) is 4. The Morgan fingerprint density at radius 3 is 2.16 bits per heavy atom. The molecular weight excluding hydrogens is 683 g/mol. The Hall–Kier alpha value is -3.38. The van der Waals surface area contributed by atoms with E-state index in [1.165, 1.54) is 4.90 Å². The Morgan fingerprint density at radius 2 is 1.58 bits per heavy atom. The van der Waals surface area contributed by atoms with Crippen molar-refractivity contribution in [3.63, 3.8) is 0 Å². The molecule has 0 aromatic heterocycles. The van der Waals surface area contributed by atoms with Gasteiger partial charge in [-0.05, 0) is 42.1 Å². The highest BCUT2D eigenvalue weighted by molar-refractivity contribution is 6.51. The molecule has 5 rings (SSSR count). The number of alkyl halides is 2. The van der Waals surface area contributed by atoms with Gasteiger partial charge in [0.2, 0.25) is 23.5 Å². The molecule has 4 fully saturated rings. The van der Waals surface area contributed by atoms with Crippen LogP contribution < -0.4 is 27.0 Å². The normalized spacial score (nSPS) is 24.8. The molecule has 1 aromatic rings. The molecular formula is C36H50Cl2N6O6. The number of amides is 6. The monoisotopic (exact) mass is 732 g/mol. The van der Waals surface area contributed by atoms with Crippen LogP contribution in [0, 0.1) is 29.1 Å². The average Bonchev–Trinajstić information content (AvgIpc) is 3.36. The fourth-order valence-electron chi connectivity index (χ4n) is 7.76. The van der Waals surface area contributed by atoms with E-state index in [9.17, 15) is 28.8 Å². The molecule has 14 heteroatoms. The van der Waals surface area contributed by atoms with Crippen LogP contribution in [0.15, 0.2) is 30.3 Å². The average molecular weight is 734 g/mol. The minimum atomic E-state index is -1.24. The number of hydrogen-bond donors (Lipinski definition) is 5. The second-order valence-electron chi connectivity index (χ2n) is 15.6. The molecule has 1 aromatic carbocycles. The number of Topliss-reactive ketones (excluding diaryl/α,β-unsaturated/α-hetero) is 1. The Kier molecular flexibility index (Phi) is 11.7. The third-order valence-electron chi connectivity index (χ3n) is 10.9. The Labute approximate surface area is 303 Å². The molecule has 0 bridgehead atoms. The zero-order valence-corrected chi connectivity index (χ0v) is 30.5. The van der Waals surface area contributed by atoms with Gasteiger partial charge < -0.3 is 31.9 Å². The molecule has 3 saturated carbocycles. The van der Waals surface area contributed by atoms with E-state index in [2.05, 4.69) is 21.3 Å². The summed E-state index contributed by atoms with van der Waals surface area (Å²) in [5.41, 5.74) is 5.58. The fraction of sp³-hybridized carbons (Fsp3) is 0.667. The van der Waals surface area contributed by atoms with Gasteiger partial charge in [-0.25, -0.2) is 4.79 Å². The molecule has 6 N–H and O–H groups in total. The lowest BCUT2D eigenvalue weighted by Gasteiger charge is -2.37. The molecule has 0 spiro atoms. The second kappa shape index (κ2) is 15.5. The molecule has 0 radical (unpaired) electrons. The van der Waals surface area contributed by atoms with Crippen LogP contribution in [0.2, 0.25) is 0 Å². The molecule has 274 valence electrons. The van der Waals surface area contributed by atoms with E-state index < -0.39 is 69.4 Å². The number of ketones is 1. The maximum absolute atomic E-state index is 14.5. The molecule has 1 unspecified atom stereocenters. The number of fused-ring (bicyclic) bond motifs is 1. The van der Waals surface area contributed by atoms with E-state index in [0.717, 1.165) is 44.1 Å². The zero-order valence-electron chi connectivity index (χ0n) is 29.0. The van der Waals surface area contributed by atoms with Crippen molar-refractivity contribution in [3.8, 4) is 0 Å². The highest BCUT2D eigenvalue weighted by atomic mass is 35.5. The van der Waals surface area contributed by atoms with Crippen molar-refractivity contribution in [2.45, 2.75) is 114 Å². The van der Waals surface area contributed by atoms with Crippen molar-refractivity contribution in [3.05, 3.63) is 35.9 Å². The van der Waals surface area contributed by atoms with Crippen molar-refractivity contribution >= 4 is 58.6 Å². The minimum Gasteiger partial charge on any atom is -0.363 e. The van der Waals surface area contributed by atoms with Gasteiger partial charge in [0.1, 0.15) is 22.5 Å². The Balaban J connectivity index is 1.33. The molecule has 6 atom stereocenters. The number of urea groups is 1. The maximum atomic E-state index is 14.5. The van der Waals surface area contributed by atoms with E-state index >= 15 is 0 Å². The smallest absolute Gasteiger partial charge is 0.316 e. The van der Waals surface area contributed by atoms with Gasteiger partial charge in [-0.2, -0.15) is 0 Å². The van der Waals surface area contributed by atoms with Crippen LogP contribution in [-0.2, 0) is 30.5 Å². The molecule has 3 aliphatic carbocycles. The maximum Gasteiger partial charge on any atom is 0.316 e. The summed E-state index contributed by atoms with van der Waals surface area (Å²) in [6.45, 7) is 5.90. The summed E-state index contributed by atoms with van der Waals surface area (Å²) >= 11 is 13.2. The topological polar surface area (TPSA) is 180 Å². The summed E-state index contributed by atoms with van der Waals surface area (Å²) < 4.78 is -1.24. The highest BCUT2D eigenvalue weighted by Gasteiger charge is 2.74. The lowest BCUT2D eigenvalue weighted by Crippen LogP contribution is -2.62. The number of benzene rings is 1. The van der Waals surface area contributed by atoms with E-state index in [4.69, 9.17) is 28.9 Å². The number of primary amides is 1. The molecule has 1 aliphatic heterocycles. The first-order valence-electron chi connectivity index (χ1n) is 17.8. The number of rotatable bonds is 13. The number of nitrogens with zero attached hydrogens (tertiary/aromatic N) is 1. The van der Waals surface area contributed by atoms with Gasteiger partial charge in [-0.1, -0.05) is 89.6 Å². The summed E-state index contributed by atoms with van der Waals surface area (Å²) in [6.07, 6.45) is 7.19. The number of hydrogen-bond acceptors (Lipinski definition) is 6. The van der Waals surface area contributed by atoms with E-state index in [1.807, 2.05) is 51.1 Å². The van der Waals surface area contributed by atoms with Crippen LogP contribution in [0.25, 0.3) is 0 Å². The van der Waals surface area contributed by atoms with Gasteiger partial charge >= 0.3 is 6.03 Å². The summed E-state index contributed by atoms with van der Waals surface area (Å²) in [4.78, 5) is 81.6. The molecule has 1 saturated heterocycles. The third kappa shape index (κ3) is 8.55. The third-order valence-corrected chi connectivity index (χ3v) is 12.0. The van der Waals surface area contributed by atoms with Crippen molar-refractivity contribution in [1.82, 2.24) is 26.2 Å². The first kappa shape index (κ1) is 37.9. The van der Waals surface area contributed by atoms with Crippen molar-refractivity contribution in [2.24, 2.45) is 34.8 Å². The summed E-state index contributed by atoms with van der Waals surface area (Å²) in [6, 6.07) is 4.60. The first-order valence-corrected chi connectivity index (χ1v) is 18.6. The highest BCUT2D eigenvalue weighted by Crippen LogP contribution is 2.65. The molecule has 50 heavy (non-hydrogen) atoms. The van der Waals surface area contributed by atoms with Gasteiger partial charge in [0.25, 0.3) is 5.91 Å². The number of likely N-dealkylation sites (tertiary alicyclic amines) is 1. The Morgan fingerprint density at radius 1 is 0.920 bits per heavy atom. The van der Waals surface area contributed by atoms with Gasteiger partial charge in [0.05, 0.1) is 6.04 Å². The van der Waals surface area contributed by atoms with Gasteiger partial charge in [0, 0.05) is 24.9 Å². The van der Waals surface area contributed by atoms with Gasteiger partial charge in [0.15, 0.2) is 0 Å². The summed E-state index contributed by atoms with van der Waals surface area (Å²) in [5.74, 6) is -4.51. The number of carbonyl (C=O) groups excluding carboxylic acids is 6. The van der Waals surface area contributed by atoms with Crippen LogP contribution in [0.5, 0.6) is 0 Å². The van der Waals surface area contributed by atoms with Gasteiger partial charge in [-0.3, -0.25) is 24.0 Å². The summed E-state index contributed by atoms with van der Waals surface area (Å²) in [7, 11) is 0. The number of nitrogens with two attached hydrogens (primary N) is 1. The first-order chi connectivity index (χ1) is 23.6. The number of halogens is 2. The zero-order chi connectivity index (χ0) is 36.4. The Bertz CT molecular complexity index is 1460. The standard InChI is InChI=1S/C36H50Cl2N6O6/c1-35(2,3)29(32(48)40-18-21-11-6-4-7-12-21)43-34(50)42-26(22-15-8-5-9-16-22)33(49)44-19-23-25(36(23,37)38)27(44)31(47)41-24(28(45)30(39)46)17-20-13-10-14-20/h4,6-7,11-12,20,22-27,29H,5,8-10,13-19H2,1-3H3,(H2,39,46)(H,40,48)(H,41,47)(H2,42,43,50)/t23-,24?,25-,26-,27-,29+/m0/s1. The van der Waals surface area contributed by atoms with E-state index in [-0.39, 0.29) is 43.2 Å². The molecule has 12 nitrogen and oxygen atoms in total. The lowest BCUT2D eigenvalue weighted by atomic mass is 9.80. The lowest BCUT2D eigenvalue weighted by molar-refractivity contribution is -0.144. The van der Waals surface area contributed by atoms with E-state index in [0.29, 0.717) is 12.8 Å². The fourth-order valence-corrected chi connectivity index (χ4v) is 8.59. The van der Waals surface area contributed by atoms with Crippen LogP contribution >= 0.6 is 23.2 Å². The predicted molar refractivity (Wildman–Crippen MR) is 189 cm³/mol. The van der Waals surface area contributed by atoms with Crippen molar-refractivity contribution in [1.29, 1.82) is 0 Å². The summed E-state index contributed by atoms with van der Waals surface area (Å²) in [5, 5.41) is 11.3. The van der Waals surface area contributed by atoms with Crippen molar-refractivity contribution < 1.29 is 28.8 Å². The predicted octanol–water partition coefficient (Wildman–Crippen LogP) is 3.33. The molecule has 6 amide bonds.